The first-order chi connectivity index (χ1) is 6.54. The molecular weight excluding hydrogens is 185 g/mol. The van der Waals surface area contributed by atoms with Crippen LogP contribution in [0.25, 0.3) is 0 Å². The Kier molecular flexibility index (Phi) is 3.06. The van der Waals surface area contributed by atoms with E-state index in [0.717, 1.165) is 0 Å². The zero-order chi connectivity index (χ0) is 10.7. The van der Waals surface area contributed by atoms with Crippen molar-refractivity contribution in [2.24, 2.45) is 0 Å². The van der Waals surface area contributed by atoms with Gasteiger partial charge < -0.3 is 10.0 Å². The molecule has 1 rings (SSSR count). The second-order valence-electron chi connectivity index (χ2n) is 3.08. The Balaban J connectivity index is 2.94. The van der Waals surface area contributed by atoms with E-state index in [0.29, 0.717) is 5.69 Å². The molecule has 0 saturated carbocycles. The van der Waals surface area contributed by atoms with Crippen molar-refractivity contribution in [3.05, 3.63) is 30.1 Å². The van der Waals surface area contributed by atoms with Crippen LogP contribution in [-0.2, 0) is 4.79 Å². The number of hydrogen-bond donors (Lipinski definition) is 1. The summed E-state index contributed by atoms with van der Waals surface area (Å²) in [7, 11) is 1.55. The molecule has 0 heterocycles. The molecule has 0 saturated heterocycles. The summed E-state index contributed by atoms with van der Waals surface area (Å²) in [5, 5.41) is 8.74. The minimum absolute atomic E-state index is 0.294. The van der Waals surface area contributed by atoms with Crippen LogP contribution in [0.4, 0.5) is 10.1 Å². The number of rotatable bonds is 3. The maximum atomic E-state index is 13.2. The van der Waals surface area contributed by atoms with Gasteiger partial charge in [-0.15, -0.1) is 0 Å². The number of para-hydroxylation sites is 1. The van der Waals surface area contributed by atoms with Crippen molar-refractivity contribution >= 4 is 11.7 Å². The van der Waals surface area contributed by atoms with E-state index in [1.54, 1.807) is 25.2 Å². The van der Waals surface area contributed by atoms with Crippen LogP contribution in [0.5, 0.6) is 0 Å². The first-order valence-electron chi connectivity index (χ1n) is 4.24. The molecule has 0 aliphatic carbocycles. The van der Waals surface area contributed by atoms with Gasteiger partial charge in [0.25, 0.3) is 0 Å². The summed E-state index contributed by atoms with van der Waals surface area (Å²) >= 11 is 0. The topological polar surface area (TPSA) is 40.5 Å². The maximum Gasteiger partial charge on any atom is 0.326 e. The van der Waals surface area contributed by atoms with Gasteiger partial charge in [0.05, 0.1) is 5.69 Å². The van der Waals surface area contributed by atoms with Crippen molar-refractivity contribution in [2.45, 2.75) is 13.0 Å². The van der Waals surface area contributed by atoms with Gasteiger partial charge in [0.2, 0.25) is 0 Å². The molecule has 0 fully saturated rings. The summed E-state index contributed by atoms with van der Waals surface area (Å²) < 4.78 is 13.2. The summed E-state index contributed by atoms with van der Waals surface area (Å²) in [4.78, 5) is 12.0. The average Bonchev–Trinajstić information content (AvgIpc) is 2.16. The third kappa shape index (κ3) is 2.02. The van der Waals surface area contributed by atoms with Crippen LogP contribution < -0.4 is 4.90 Å². The fraction of sp³-hybridized carbons (Fsp3) is 0.300. The number of carboxylic acid groups (broad SMARTS) is 1. The molecule has 0 amide bonds. The lowest BCUT2D eigenvalue weighted by atomic mass is 10.2. The fourth-order valence-corrected chi connectivity index (χ4v) is 1.11. The number of anilines is 1. The fourth-order valence-electron chi connectivity index (χ4n) is 1.11. The molecule has 0 bridgehead atoms. The molecule has 0 aromatic heterocycles. The molecule has 76 valence electrons. The molecule has 0 radical (unpaired) electrons. The molecule has 0 aliphatic heterocycles. The summed E-state index contributed by atoms with van der Waals surface area (Å²) in [5.74, 6) is -1.39. The van der Waals surface area contributed by atoms with Crippen LogP contribution in [0.2, 0.25) is 0 Å². The van der Waals surface area contributed by atoms with Gasteiger partial charge in [0, 0.05) is 7.05 Å². The number of aliphatic carboxylic acids is 1. The number of carboxylic acids is 1. The Morgan fingerprint density at radius 3 is 2.57 bits per heavy atom. The van der Waals surface area contributed by atoms with Crippen LogP contribution >= 0.6 is 0 Å². The average molecular weight is 197 g/mol. The van der Waals surface area contributed by atoms with Gasteiger partial charge in [-0.1, -0.05) is 12.1 Å². The molecule has 1 atom stereocenters. The van der Waals surface area contributed by atoms with Crippen molar-refractivity contribution in [1.82, 2.24) is 0 Å². The highest BCUT2D eigenvalue weighted by Gasteiger charge is 2.18. The third-order valence-electron chi connectivity index (χ3n) is 2.17. The SMILES string of the molecule is CC(C(=O)O)N(C)c1ccccc1F. The molecule has 14 heavy (non-hydrogen) atoms. The zero-order valence-corrected chi connectivity index (χ0v) is 8.07. The first kappa shape index (κ1) is 10.5. The van der Waals surface area contributed by atoms with E-state index in [1.165, 1.54) is 17.9 Å². The molecule has 4 heteroatoms. The second kappa shape index (κ2) is 4.09. The smallest absolute Gasteiger partial charge is 0.326 e. The molecule has 0 spiro atoms. The molecule has 1 unspecified atom stereocenters. The highest BCUT2D eigenvalue weighted by molar-refractivity contribution is 5.77. The van der Waals surface area contributed by atoms with Crippen molar-refractivity contribution in [1.29, 1.82) is 0 Å². The van der Waals surface area contributed by atoms with Crippen molar-refractivity contribution < 1.29 is 14.3 Å². The minimum atomic E-state index is -0.976. The van der Waals surface area contributed by atoms with Crippen molar-refractivity contribution in [2.75, 3.05) is 11.9 Å². The Hall–Kier alpha value is -1.58. The van der Waals surface area contributed by atoms with Gasteiger partial charge in [0.1, 0.15) is 11.9 Å². The van der Waals surface area contributed by atoms with E-state index in [-0.39, 0.29) is 0 Å². The molecule has 1 N–H and O–H groups in total. The second-order valence-corrected chi connectivity index (χ2v) is 3.08. The molecule has 1 aromatic rings. The van der Waals surface area contributed by atoms with Crippen molar-refractivity contribution in [3.8, 4) is 0 Å². The molecule has 3 nitrogen and oxygen atoms in total. The third-order valence-corrected chi connectivity index (χ3v) is 2.17. The van der Waals surface area contributed by atoms with Gasteiger partial charge in [-0.25, -0.2) is 9.18 Å². The van der Waals surface area contributed by atoms with Crippen LogP contribution in [-0.4, -0.2) is 24.2 Å². The van der Waals surface area contributed by atoms with E-state index in [1.807, 2.05) is 0 Å². The largest absolute Gasteiger partial charge is 0.480 e. The lowest BCUT2D eigenvalue weighted by molar-refractivity contribution is -0.138. The number of halogens is 1. The normalized spacial score (nSPS) is 12.2. The monoisotopic (exact) mass is 197 g/mol. The lowest BCUT2D eigenvalue weighted by Gasteiger charge is -2.23. The summed E-state index contributed by atoms with van der Waals surface area (Å²) in [6, 6.07) is 5.35. The van der Waals surface area contributed by atoms with Crippen LogP contribution in [0.15, 0.2) is 24.3 Å². The highest BCUT2D eigenvalue weighted by Crippen LogP contribution is 2.18. The van der Waals surface area contributed by atoms with Gasteiger partial charge in [-0.3, -0.25) is 0 Å². The van der Waals surface area contributed by atoms with E-state index in [4.69, 9.17) is 5.11 Å². The summed E-state index contributed by atoms with van der Waals surface area (Å²) in [6.45, 7) is 1.51. The predicted octanol–water partition coefficient (Wildman–Crippen LogP) is 1.74. The highest BCUT2D eigenvalue weighted by atomic mass is 19.1. The summed E-state index contributed by atoms with van der Waals surface area (Å²) in [5.41, 5.74) is 0.294. The lowest BCUT2D eigenvalue weighted by Crippen LogP contribution is -2.36. The van der Waals surface area contributed by atoms with Crippen LogP contribution in [0.3, 0.4) is 0 Å². The van der Waals surface area contributed by atoms with Gasteiger partial charge in [-0.05, 0) is 19.1 Å². The number of hydrogen-bond acceptors (Lipinski definition) is 2. The Labute approximate surface area is 81.8 Å². The number of likely N-dealkylation sites (N-methyl/N-ethyl adjacent to an activating group) is 1. The number of carbonyl (C=O) groups is 1. The molecule has 0 aliphatic rings. The van der Waals surface area contributed by atoms with Gasteiger partial charge >= 0.3 is 5.97 Å². The van der Waals surface area contributed by atoms with E-state index in [2.05, 4.69) is 0 Å². The standard InChI is InChI=1S/C10H12FNO2/c1-7(10(13)14)12(2)9-6-4-3-5-8(9)11/h3-7H,1-2H3,(H,13,14). The Bertz CT molecular complexity index is 341. The quantitative estimate of drug-likeness (QED) is 0.802. The van der Waals surface area contributed by atoms with Gasteiger partial charge in [0.15, 0.2) is 0 Å². The Morgan fingerprint density at radius 2 is 2.07 bits per heavy atom. The molecule has 1 aromatic carbocycles. The van der Waals surface area contributed by atoms with Crippen LogP contribution in [0.1, 0.15) is 6.92 Å². The maximum absolute atomic E-state index is 13.2. The minimum Gasteiger partial charge on any atom is -0.480 e. The number of nitrogens with zero attached hydrogens (tertiary/aromatic N) is 1. The summed E-state index contributed by atoms with van der Waals surface area (Å²) in [6.07, 6.45) is 0. The predicted molar refractivity (Wildman–Crippen MR) is 51.9 cm³/mol. The Morgan fingerprint density at radius 1 is 1.50 bits per heavy atom. The van der Waals surface area contributed by atoms with Gasteiger partial charge in [-0.2, -0.15) is 0 Å². The van der Waals surface area contributed by atoms with E-state index >= 15 is 0 Å². The molecular formula is C10H12FNO2. The van der Waals surface area contributed by atoms with Crippen molar-refractivity contribution in [3.63, 3.8) is 0 Å². The first-order valence-corrected chi connectivity index (χ1v) is 4.24. The number of benzene rings is 1. The van der Waals surface area contributed by atoms with E-state index < -0.39 is 17.8 Å². The van der Waals surface area contributed by atoms with E-state index in [9.17, 15) is 9.18 Å². The zero-order valence-electron chi connectivity index (χ0n) is 8.07. The van der Waals surface area contributed by atoms with Crippen LogP contribution in [0, 0.1) is 5.82 Å².